The lowest BCUT2D eigenvalue weighted by molar-refractivity contribution is 0.177. The molecular formula is C10H10NO2. The normalized spacial score (nSPS) is 20.9. The SMILES string of the molecule is O=C1NC(Cc2cc[c]cc2)CO1. The van der Waals surface area contributed by atoms with E-state index in [1.165, 1.54) is 5.56 Å². The molecule has 0 aliphatic carbocycles. The molecule has 1 saturated heterocycles. The van der Waals surface area contributed by atoms with Gasteiger partial charge in [-0.3, -0.25) is 0 Å². The van der Waals surface area contributed by atoms with Gasteiger partial charge in [0.25, 0.3) is 0 Å². The molecule has 0 saturated carbocycles. The second-order valence-corrected chi connectivity index (χ2v) is 3.05. The van der Waals surface area contributed by atoms with Crippen molar-refractivity contribution in [2.75, 3.05) is 6.61 Å². The number of hydrogen-bond donors (Lipinski definition) is 1. The number of ether oxygens (including phenoxy) is 1. The zero-order chi connectivity index (χ0) is 9.10. The largest absolute Gasteiger partial charge is 0.447 e. The smallest absolute Gasteiger partial charge is 0.407 e. The third-order valence-electron chi connectivity index (χ3n) is 2.01. The van der Waals surface area contributed by atoms with E-state index in [9.17, 15) is 4.79 Å². The molecule has 1 aromatic rings. The minimum absolute atomic E-state index is 0.120. The average molecular weight is 176 g/mol. The summed E-state index contributed by atoms with van der Waals surface area (Å²) in [7, 11) is 0. The molecule has 1 fully saturated rings. The number of carbonyl (C=O) groups is 1. The first-order chi connectivity index (χ1) is 6.34. The Bertz CT molecular complexity index is 297. The fraction of sp³-hybridized carbons (Fsp3) is 0.300. The lowest BCUT2D eigenvalue weighted by Gasteiger charge is -2.05. The van der Waals surface area contributed by atoms with E-state index in [1.807, 2.05) is 24.3 Å². The molecule has 1 aromatic carbocycles. The molecule has 13 heavy (non-hydrogen) atoms. The number of alkyl carbamates (subject to hydrolysis) is 1. The van der Waals surface area contributed by atoms with Crippen molar-refractivity contribution in [1.82, 2.24) is 5.32 Å². The zero-order valence-electron chi connectivity index (χ0n) is 7.12. The van der Waals surface area contributed by atoms with Crippen molar-refractivity contribution < 1.29 is 9.53 Å². The maximum absolute atomic E-state index is 10.7. The minimum atomic E-state index is -0.313. The Kier molecular flexibility index (Phi) is 2.17. The Balaban J connectivity index is 1.96. The molecule has 1 N–H and O–H groups in total. The summed E-state index contributed by atoms with van der Waals surface area (Å²) in [4.78, 5) is 10.7. The van der Waals surface area contributed by atoms with Gasteiger partial charge in [-0.2, -0.15) is 0 Å². The van der Waals surface area contributed by atoms with Crippen molar-refractivity contribution in [3.8, 4) is 0 Å². The molecule has 3 nitrogen and oxygen atoms in total. The molecular weight excluding hydrogens is 166 g/mol. The van der Waals surface area contributed by atoms with Crippen LogP contribution >= 0.6 is 0 Å². The van der Waals surface area contributed by atoms with Crippen molar-refractivity contribution in [2.24, 2.45) is 0 Å². The molecule has 2 rings (SSSR count). The number of hydrogen-bond acceptors (Lipinski definition) is 2. The topological polar surface area (TPSA) is 38.3 Å². The van der Waals surface area contributed by atoms with E-state index in [0.717, 1.165) is 6.42 Å². The molecule has 67 valence electrons. The summed E-state index contributed by atoms with van der Waals surface area (Å²) in [5.74, 6) is 0. The monoisotopic (exact) mass is 176 g/mol. The van der Waals surface area contributed by atoms with Crippen molar-refractivity contribution >= 4 is 6.09 Å². The molecule has 0 spiro atoms. The molecule has 0 bridgehead atoms. The number of rotatable bonds is 2. The van der Waals surface area contributed by atoms with Gasteiger partial charge < -0.3 is 10.1 Å². The van der Waals surface area contributed by atoms with Crippen LogP contribution in [0, 0.1) is 6.07 Å². The van der Waals surface area contributed by atoms with Crippen LogP contribution in [0.25, 0.3) is 0 Å². The highest BCUT2D eigenvalue weighted by Crippen LogP contribution is 2.06. The highest BCUT2D eigenvalue weighted by atomic mass is 16.6. The predicted octanol–water partition coefficient (Wildman–Crippen LogP) is 1.14. The Morgan fingerprint density at radius 2 is 2.31 bits per heavy atom. The summed E-state index contributed by atoms with van der Waals surface area (Å²) in [6, 6.07) is 10.8. The maximum atomic E-state index is 10.7. The third kappa shape index (κ3) is 1.99. The Morgan fingerprint density at radius 1 is 1.54 bits per heavy atom. The average Bonchev–Trinajstić information content (AvgIpc) is 2.53. The summed E-state index contributed by atoms with van der Waals surface area (Å²) in [5.41, 5.74) is 1.19. The van der Waals surface area contributed by atoms with Gasteiger partial charge in [-0.25, -0.2) is 4.79 Å². The van der Waals surface area contributed by atoms with E-state index < -0.39 is 0 Å². The predicted molar refractivity (Wildman–Crippen MR) is 47.3 cm³/mol. The quantitative estimate of drug-likeness (QED) is 0.733. The van der Waals surface area contributed by atoms with Gasteiger partial charge in [0.05, 0.1) is 6.04 Å². The second kappa shape index (κ2) is 3.47. The zero-order valence-corrected chi connectivity index (χ0v) is 7.12. The second-order valence-electron chi connectivity index (χ2n) is 3.05. The van der Waals surface area contributed by atoms with Gasteiger partial charge in [0.2, 0.25) is 0 Å². The third-order valence-corrected chi connectivity index (χ3v) is 2.01. The van der Waals surface area contributed by atoms with Crippen LogP contribution < -0.4 is 5.32 Å². The van der Waals surface area contributed by atoms with Gasteiger partial charge in [-0.05, 0) is 18.1 Å². The van der Waals surface area contributed by atoms with Gasteiger partial charge in [-0.1, -0.05) is 24.3 Å². The highest BCUT2D eigenvalue weighted by molar-refractivity contribution is 5.69. The number of benzene rings is 1. The van der Waals surface area contributed by atoms with Crippen LogP contribution in [0.3, 0.4) is 0 Å². The molecule has 3 heteroatoms. The van der Waals surface area contributed by atoms with Gasteiger partial charge in [-0.15, -0.1) is 0 Å². The van der Waals surface area contributed by atoms with E-state index in [-0.39, 0.29) is 12.1 Å². The molecule has 1 heterocycles. The van der Waals surface area contributed by atoms with E-state index in [0.29, 0.717) is 6.61 Å². The summed E-state index contributed by atoms with van der Waals surface area (Å²) in [6.07, 6.45) is 0.507. The lowest BCUT2D eigenvalue weighted by atomic mass is 10.1. The van der Waals surface area contributed by atoms with Crippen molar-refractivity contribution in [1.29, 1.82) is 0 Å². The molecule has 0 aromatic heterocycles. The van der Waals surface area contributed by atoms with Crippen LogP contribution in [0.2, 0.25) is 0 Å². The van der Waals surface area contributed by atoms with Crippen LogP contribution in [0.5, 0.6) is 0 Å². The van der Waals surface area contributed by atoms with E-state index >= 15 is 0 Å². The van der Waals surface area contributed by atoms with Gasteiger partial charge >= 0.3 is 6.09 Å². The first-order valence-corrected chi connectivity index (χ1v) is 4.23. The Morgan fingerprint density at radius 3 is 2.92 bits per heavy atom. The Hall–Kier alpha value is -1.51. The number of amides is 1. The number of nitrogens with one attached hydrogen (secondary N) is 1. The molecule has 1 radical (unpaired) electrons. The van der Waals surface area contributed by atoms with Crippen molar-refractivity contribution in [3.63, 3.8) is 0 Å². The molecule has 1 atom stereocenters. The van der Waals surface area contributed by atoms with Crippen LogP contribution in [-0.4, -0.2) is 18.7 Å². The molecule has 1 aliphatic heterocycles. The van der Waals surface area contributed by atoms with Crippen LogP contribution in [0.4, 0.5) is 4.79 Å². The van der Waals surface area contributed by atoms with Crippen LogP contribution in [-0.2, 0) is 11.2 Å². The van der Waals surface area contributed by atoms with Gasteiger partial charge in [0.1, 0.15) is 6.61 Å². The summed E-state index contributed by atoms with van der Waals surface area (Å²) in [6.45, 7) is 0.470. The highest BCUT2D eigenvalue weighted by Gasteiger charge is 2.21. The van der Waals surface area contributed by atoms with E-state index in [2.05, 4.69) is 11.4 Å². The first-order valence-electron chi connectivity index (χ1n) is 4.23. The molecule has 1 aliphatic rings. The minimum Gasteiger partial charge on any atom is -0.447 e. The fourth-order valence-corrected chi connectivity index (χ4v) is 1.38. The summed E-state index contributed by atoms with van der Waals surface area (Å²) >= 11 is 0. The van der Waals surface area contributed by atoms with Gasteiger partial charge in [0, 0.05) is 0 Å². The van der Waals surface area contributed by atoms with Crippen molar-refractivity contribution in [2.45, 2.75) is 12.5 Å². The lowest BCUT2D eigenvalue weighted by Crippen LogP contribution is -2.28. The maximum Gasteiger partial charge on any atom is 0.407 e. The van der Waals surface area contributed by atoms with E-state index in [4.69, 9.17) is 4.74 Å². The number of cyclic esters (lactones) is 1. The fourth-order valence-electron chi connectivity index (χ4n) is 1.38. The Labute approximate surface area is 76.7 Å². The van der Waals surface area contributed by atoms with Crippen LogP contribution in [0.1, 0.15) is 5.56 Å². The standard InChI is InChI=1S/C10H10NO2/c12-10-11-9(7-13-10)6-8-4-2-1-3-5-8/h2-5,9H,6-7H2,(H,11,12). The van der Waals surface area contributed by atoms with E-state index in [1.54, 1.807) is 0 Å². The van der Waals surface area contributed by atoms with Crippen LogP contribution in [0.15, 0.2) is 24.3 Å². The summed E-state index contributed by atoms with van der Waals surface area (Å²) in [5, 5.41) is 2.73. The number of carbonyl (C=O) groups excluding carboxylic acids is 1. The van der Waals surface area contributed by atoms with Gasteiger partial charge in [0.15, 0.2) is 0 Å². The molecule has 1 amide bonds. The first kappa shape index (κ1) is 8.10. The molecule has 1 unspecified atom stereocenters. The summed E-state index contributed by atoms with van der Waals surface area (Å²) < 4.78 is 4.78. The van der Waals surface area contributed by atoms with Crippen molar-refractivity contribution in [3.05, 3.63) is 35.9 Å².